The second kappa shape index (κ2) is 8.24. The Morgan fingerprint density at radius 3 is 2.88 bits per heavy atom. The zero-order chi connectivity index (χ0) is 19.3. The van der Waals surface area contributed by atoms with Crippen molar-refractivity contribution in [2.45, 2.75) is 38.4 Å². The van der Waals surface area contributed by atoms with E-state index in [4.69, 9.17) is 19.6 Å². The van der Waals surface area contributed by atoms with Gasteiger partial charge in [0, 0.05) is 12.3 Å². The molecule has 11 heteroatoms. The lowest BCUT2D eigenvalue weighted by atomic mass is 9.98. The summed E-state index contributed by atoms with van der Waals surface area (Å²) in [6.45, 7) is 2.39. The van der Waals surface area contributed by atoms with Crippen LogP contribution in [0, 0.1) is 16.7 Å². The first-order valence-electron chi connectivity index (χ1n) is 7.74. The molecule has 0 unspecified atom stereocenters. The molecule has 1 aromatic rings. The van der Waals surface area contributed by atoms with Crippen molar-refractivity contribution in [1.82, 2.24) is 9.55 Å². The smallest absolute Gasteiger partial charge is 0.330 e. The van der Waals surface area contributed by atoms with E-state index in [9.17, 15) is 19.8 Å². The van der Waals surface area contributed by atoms with Gasteiger partial charge in [-0.2, -0.15) is 5.26 Å². The van der Waals surface area contributed by atoms with Crippen LogP contribution in [0.15, 0.2) is 27.0 Å². The second-order valence-corrected chi connectivity index (χ2v) is 6.20. The summed E-state index contributed by atoms with van der Waals surface area (Å²) in [5, 5.41) is 32.0. The first-order valence-corrected chi connectivity index (χ1v) is 7.74. The Labute approximate surface area is 148 Å². The summed E-state index contributed by atoms with van der Waals surface area (Å²) < 4.78 is 11.9. The fraction of sp³-hybridized carbons (Fsp3) is 0.600. The van der Waals surface area contributed by atoms with Gasteiger partial charge in [-0.05, 0) is 13.8 Å². The van der Waals surface area contributed by atoms with Gasteiger partial charge in [-0.1, -0.05) is 5.16 Å². The Morgan fingerprint density at radius 1 is 1.54 bits per heavy atom. The van der Waals surface area contributed by atoms with Crippen LogP contribution in [0.2, 0.25) is 0 Å². The molecule has 2 heterocycles. The molecule has 0 aromatic carbocycles. The van der Waals surface area contributed by atoms with Crippen molar-refractivity contribution < 1.29 is 24.5 Å². The average molecular weight is 368 g/mol. The van der Waals surface area contributed by atoms with Crippen LogP contribution >= 0.6 is 0 Å². The van der Waals surface area contributed by atoms with E-state index in [1.54, 1.807) is 13.8 Å². The lowest BCUT2D eigenvalue weighted by molar-refractivity contribution is -0.139. The standard InChI is InChI=1S/C15H20N4O7/c1-15(2,6-16)7-17-25-8-24-12-11(22)9(5-20)26-13(12)19-4-3-10(21)18-14(19)23/h3-4,7,9,11-13,20,22H,5,8H2,1-2H3,(H,18,21,23)/b17-7+/t9-,11-,12-,13-/m1/s1. The van der Waals surface area contributed by atoms with E-state index in [0.29, 0.717) is 0 Å². The van der Waals surface area contributed by atoms with Crippen LogP contribution in [0.25, 0.3) is 0 Å². The average Bonchev–Trinajstić information content (AvgIpc) is 2.90. The SMILES string of the molecule is CC(C)(C#N)/C=N/OCO[C@@H]1[C@H](O)[C@@H](CO)O[C@H]1n1ccc(=O)[nH]c1=O. The fourth-order valence-electron chi connectivity index (χ4n) is 2.24. The van der Waals surface area contributed by atoms with E-state index in [1.165, 1.54) is 12.4 Å². The minimum atomic E-state index is -1.24. The molecule has 142 valence electrons. The van der Waals surface area contributed by atoms with Gasteiger partial charge in [0.25, 0.3) is 5.56 Å². The number of H-pyrrole nitrogens is 1. The number of aliphatic hydroxyl groups is 2. The minimum absolute atomic E-state index is 0.393. The summed E-state index contributed by atoms with van der Waals surface area (Å²) in [7, 11) is 0. The minimum Gasteiger partial charge on any atom is -0.394 e. The van der Waals surface area contributed by atoms with Crippen molar-refractivity contribution in [3.8, 4) is 6.07 Å². The summed E-state index contributed by atoms with van der Waals surface area (Å²) in [5.41, 5.74) is -2.15. The van der Waals surface area contributed by atoms with E-state index < -0.39 is 54.6 Å². The van der Waals surface area contributed by atoms with Gasteiger partial charge in [0.2, 0.25) is 6.79 Å². The van der Waals surface area contributed by atoms with E-state index in [-0.39, 0.29) is 0 Å². The maximum atomic E-state index is 11.9. The quantitative estimate of drug-likeness (QED) is 0.231. The van der Waals surface area contributed by atoms with Crippen LogP contribution in [-0.4, -0.2) is 57.7 Å². The third-order valence-electron chi connectivity index (χ3n) is 3.67. The molecule has 3 N–H and O–H groups in total. The van der Waals surface area contributed by atoms with Crippen molar-refractivity contribution in [3.05, 3.63) is 33.1 Å². The zero-order valence-corrected chi connectivity index (χ0v) is 14.2. The van der Waals surface area contributed by atoms with Crippen molar-refractivity contribution in [2.75, 3.05) is 13.4 Å². The van der Waals surface area contributed by atoms with E-state index in [2.05, 4.69) is 10.1 Å². The monoisotopic (exact) mass is 368 g/mol. The van der Waals surface area contributed by atoms with Crippen LogP contribution in [0.1, 0.15) is 20.1 Å². The predicted octanol–water partition coefficient (Wildman–Crippen LogP) is -1.32. The summed E-state index contributed by atoms with van der Waals surface area (Å²) in [6.07, 6.45) is -1.89. The molecule has 0 aliphatic carbocycles. The Bertz CT molecular complexity index is 794. The molecule has 4 atom stereocenters. The van der Waals surface area contributed by atoms with Crippen molar-refractivity contribution >= 4 is 6.21 Å². The summed E-state index contributed by atoms with van der Waals surface area (Å²) >= 11 is 0. The number of ether oxygens (including phenoxy) is 2. The van der Waals surface area contributed by atoms with Gasteiger partial charge in [0.05, 0.1) is 24.3 Å². The summed E-state index contributed by atoms with van der Waals surface area (Å²) in [5.74, 6) is 0. The highest BCUT2D eigenvalue weighted by Crippen LogP contribution is 2.30. The number of aliphatic hydroxyl groups excluding tert-OH is 2. The Hall–Kier alpha value is -2.52. The number of nitriles is 1. The van der Waals surface area contributed by atoms with Gasteiger partial charge < -0.3 is 24.5 Å². The number of rotatable bonds is 7. The molecule has 0 radical (unpaired) electrons. The van der Waals surface area contributed by atoms with Crippen molar-refractivity contribution in [2.24, 2.45) is 10.6 Å². The highest BCUT2D eigenvalue weighted by Gasteiger charge is 2.45. The first kappa shape index (κ1) is 19.8. The van der Waals surface area contributed by atoms with Gasteiger partial charge in [-0.25, -0.2) is 4.79 Å². The highest BCUT2D eigenvalue weighted by atomic mass is 16.8. The molecule has 0 saturated carbocycles. The second-order valence-electron chi connectivity index (χ2n) is 6.20. The van der Waals surface area contributed by atoms with E-state index in [1.807, 2.05) is 6.07 Å². The van der Waals surface area contributed by atoms with Crippen LogP contribution < -0.4 is 11.2 Å². The lowest BCUT2D eigenvalue weighted by Gasteiger charge is -2.21. The van der Waals surface area contributed by atoms with Crippen molar-refractivity contribution in [3.63, 3.8) is 0 Å². The zero-order valence-electron chi connectivity index (χ0n) is 14.2. The third-order valence-corrected chi connectivity index (χ3v) is 3.67. The molecule has 26 heavy (non-hydrogen) atoms. The van der Waals surface area contributed by atoms with Gasteiger partial charge in [0.1, 0.15) is 18.3 Å². The van der Waals surface area contributed by atoms with Crippen LogP contribution in [0.4, 0.5) is 0 Å². The van der Waals surface area contributed by atoms with Gasteiger partial charge in [-0.15, -0.1) is 0 Å². The Morgan fingerprint density at radius 2 is 2.27 bits per heavy atom. The molecule has 2 rings (SSSR count). The molecule has 1 aliphatic heterocycles. The van der Waals surface area contributed by atoms with E-state index in [0.717, 1.165) is 10.6 Å². The topological polar surface area (TPSA) is 159 Å². The van der Waals surface area contributed by atoms with Crippen LogP contribution in [0.3, 0.4) is 0 Å². The number of hydrogen-bond donors (Lipinski definition) is 3. The highest BCUT2D eigenvalue weighted by molar-refractivity contribution is 5.67. The van der Waals surface area contributed by atoms with Crippen molar-refractivity contribution in [1.29, 1.82) is 5.26 Å². The third kappa shape index (κ3) is 4.55. The number of aromatic nitrogens is 2. The predicted molar refractivity (Wildman–Crippen MR) is 87.0 cm³/mol. The molecule has 0 spiro atoms. The molecule has 1 aliphatic rings. The first-order chi connectivity index (χ1) is 12.3. The fourth-order valence-corrected chi connectivity index (χ4v) is 2.24. The molecular weight excluding hydrogens is 348 g/mol. The molecule has 1 saturated heterocycles. The molecular formula is C15H20N4O7. The van der Waals surface area contributed by atoms with E-state index >= 15 is 0 Å². The molecule has 1 aromatic heterocycles. The van der Waals surface area contributed by atoms with Gasteiger partial charge >= 0.3 is 5.69 Å². The number of nitrogens with zero attached hydrogens (tertiary/aromatic N) is 3. The number of hydrogen-bond acceptors (Lipinski definition) is 9. The maximum Gasteiger partial charge on any atom is 0.330 e. The number of nitrogens with one attached hydrogen (secondary N) is 1. The molecule has 11 nitrogen and oxygen atoms in total. The largest absolute Gasteiger partial charge is 0.394 e. The molecule has 0 bridgehead atoms. The van der Waals surface area contributed by atoms with Crippen LogP contribution in [-0.2, 0) is 14.3 Å². The molecule has 0 amide bonds. The molecule has 1 fully saturated rings. The Balaban J connectivity index is 2.09. The number of oxime groups is 1. The van der Waals surface area contributed by atoms with Gasteiger partial charge in [0.15, 0.2) is 6.23 Å². The Kier molecular flexibility index (Phi) is 6.27. The van der Waals surface area contributed by atoms with Gasteiger partial charge in [-0.3, -0.25) is 14.3 Å². The maximum absolute atomic E-state index is 11.9. The number of aromatic amines is 1. The normalized spacial score (nSPS) is 26.1. The summed E-state index contributed by atoms with van der Waals surface area (Å²) in [6, 6.07) is 3.12. The van der Waals surface area contributed by atoms with Crippen LogP contribution in [0.5, 0.6) is 0 Å². The summed E-state index contributed by atoms with van der Waals surface area (Å²) in [4.78, 5) is 30.1. The lowest BCUT2D eigenvalue weighted by Crippen LogP contribution is -2.39.